The topological polar surface area (TPSA) is 93.2 Å². The second-order valence-corrected chi connectivity index (χ2v) is 5.85. The van der Waals surface area contributed by atoms with Gasteiger partial charge in [-0.2, -0.15) is 0 Å². The standard InChI is InChI=1S/C19H24N4O3/c1-4-26-18(25)15-7-5-8-16(12-15)23-17(24)9-6-10-20-19-21-13(2)11-14(3)22-19/h5,7-8,11-12H,4,6,9-10H2,1-3H3,(H,23,24)(H,20,21,22). The Morgan fingerprint density at radius 3 is 2.54 bits per heavy atom. The van der Waals surface area contributed by atoms with Crippen molar-refractivity contribution in [1.29, 1.82) is 0 Å². The maximum Gasteiger partial charge on any atom is 0.338 e. The molecular formula is C19H24N4O3. The number of esters is 1. The van der Waals surface area contributed by atoms with Crippen LogP contribution in [0.5, 0.6) is 0 Å². The molecule has 1 aromatic heterocycles. The van der Waals surface area contributed by atoms with Crippen molar-refractivity contribution in [2.75, 3.05) is 23.8 Å². The number of carbonyl (C=O) groups excluding carboxylic acids is 2. The van der Waals surface area contributed by atoms with Crippen molar-refractivity contribution in [2.24, 2.45) is 0 Å². The van der Waals surface area contributed by atoms with Gasteiger partial charge >= 0.3 is 5.97 Å². The number of nitrogens with zero attached hydrogens (tertiary/aromatic N) is 2. The van der Waals surface area contributed by atoms with Crippen molar-refractivity contribution < 1.29 is 14.3 Å². The molecule has 0 aliphatic heterocycles. The number of benzene rings is 1. The molecular weight excluding hydrogens is 332 g/mol. The number of aryl methyl sites for hydroxylation is 2. The summed E-state index contributed by atoms with van der Waals surface area (Å²) in [5.74, 6) is 0.0560. The summed E-state index contributed by atoms with van der Waals surface area (Å²) in [5.41, 5.74) is 2.79. The molecule has 0 saturated heterocycles. The highest BCUT2D eigenvalue weighted by Gasteiger charge is 2.08. The Hall–Kier alpha value is -2.96. The number of nitrogens with one attached hydrogen (secondary N) is 2. The van der Waals surface area contributed by atoms with Crippen molar-refractivity contribution >= 4 is 23.5 Å². The van der Waals surface area contributed by atoms with Crippen LogP contribution in [-0.4, -0.2) is 35.0 Å². The summed E-state index contributed by atoms with van der Waals surface area (Å²) in [7, 11) is 0. The Morgan fingerprint density at radius 2 is 1.85 bits per heavy atom. The lowest BCUT2D eigenvalue weighted by Gasteiger charge is -2.08. The van der Waals surface area contributed by atoms with Crippen LogP contribution in [-0.2, 0) is 9.53 Å². The van der Waals surface area contributed by atoms with Crippen LogP contribution in [0.15, 0.2) is 30.3 Å². The van der Waals surface area contributed by atoms with Crippen molar-refractivity contribution in [3.8, 4) is 0 Å². The Labute approximate surface area is 153 Å². The van der Waals surface area contributed by atoms with E-state index in [1.165, 1.54) is 0 Å². The maximum absolute atomic E-state index is 12.1. The van der Waals surface area contributed by atoms with Gasteiger partial charge in [0.15, 0.2) is 0 Å². The average molecular weight is 356 g/mol. The molecule has 2 aromatic rings. The average Bonchev–Trinajstić information content (AvgIpc) is 2.58. The van der Waals surface area contributed by atoms with E-state index in [4.69, 9.17) is 4.74 Å². The SMILES string of the molecule is CCOC(=O)c1cccc(NC(=O)CCCNc2nc(C)cc(C)n2)c1. The fourth-order valence-electron chi connectivity index (χ4n) is 2.42. The first-order valence-corrected chi connectivity index (χ1v) is 8.61. The van der Waals surface area contributed by atoms with Gasteiger partial charge in [0.05, 0.1) is 12.2 Å². The summed E-state index contributed by atoms with van der Waals surface area (Å²) in [4.78, 5) is 32.4. The molecule has 2 N–H and O–H groups in total. The molecule has 7 heteroatoms. The van der Waals surface area contributed by atoms with Crippen molar-refractivity contribution in [1.82, 2.24) is 9.97 Å². The fraction of sp³-hybridized carbons (Fsp3) is 0.368. The lowest BCUT2D eigenvalue weighted by molar-refractivity contribution is -0.116. The number of ether oxygens (including phenoxy) is 1. The summed E-state index contributed by atoms with van der Waals surface area (Å²) in [5, 5.41) is 5.91. The van der Waals surface area contributed by atoms with Gasteiger partial charge in [0, 0.05) is 30.0 Å². The lowest BCUT2D eigenvalue weighted by atomic mass is 10.2. The molecule has 1 amide bonds. The molecule has 0 atom stereocenters. The van der Waals surface area contributed by atoms with Crippen LogP contribution < -0.4 is 10.6 Å². The molecule has 0 aliphatic rings. The summed E-state index contributed by atoms with van der Waals surface area (Å²) in [6.07, 6.45) is 0.987. The quantitative estimate of drug-likeness (QED) is 0.558. The minimum atomic E-state index is -0.402. The maximum atomic E-state index is 12.1. The molecule has 1 aromatic carbocycles. The summed E-state index contributed by atoms with van der Waals surface area (Å²) >= 11 is 0. The van der Waals surface area contributed by atoms with E-state index in [0.717, 1.165) is 11.4 Å². The van der Waals surface area contributed by atoms with E-state index in [-0.39, 0.29) is 5.91 Å². The first-order chi connectivity index (χ1) is 12.5. The molecule has 2 rings (SSSR count). The predicted molar refractivity (Wildman–Crippen MR) is 100 cm³/mol. The van der Waals surface area contributed by atoms with E-state index >= 15 is 0 Å². The third-order valence-corrected chi connectivity index (χ3v) is 3.50. The number of aromatic nitrogens is 2. The van der Waals surface area contributed by atoms with Gasteiger partial charge < -0.3 is 15.4 Å². The van der Waals surface area contributed by atoms with Crippen LogP contribution in [0.2, 0.25) is 0 Å². The monoisotopic (exact) mass is 356 g/mol. The van der Waals surface area contributed by atoms with E-state index in [1.807, 2.05) is 19.9 Å². The first-order valence-electron chi connectivity index (χ1n) is 8.61. The second-order valence-electron chi connectivity index (χ2n) is 5.85. The molecule has 138 valence electrons. The Kier molecular flexibility index (Phi) is 7.08. The number of amides is 1. The smallest absolute Gasteiger partial charge is 0.338 e. The zero-order valence-electron chi connectivity index (χ0n) is 15.3. The van der Waals surface area contributed by atoms with Gasteiger partial charge in [0.2, 0.25) is 11.9 Å². The Morgan fingerprint density at radius 1 is 1.12 bits per heavy atom. The molecule has 0 aliphatic carbocycles. The third kappa shape index (κ3) is 6.16. The minimum Gasteiger partial charge on any atom is -0.462 e. The van der Waals surface area contributed by atoms with E-state index in [0.29, 0.717) is 43.2 Å². The van der Waals surface area contributed by atoms with Gasteiger partial charge in [-0.15, -0.1) is 0 Å². The number of hydrogen-bond donors (Lipinski definition) is 2. The van der Waals surface area contributed by atoms with Crippen molar-refractivity contribution in [3.63, 3.8) is 0 Å². The van der Waals surface area contributed by atoms with Gasteiger partial charge in [-0.05, 0) is 51.5 Å². The van der Waals surface area contributed by atoms with Crippen LogP contribution in [0, 0.1) is 13.8 Å². The van der Waals surface area contributed by atoms with Crippen molar-refractivity contribution in [2.45, 2.75) is 33.6 Å². The Bertz CT molecular complexity index is 757. The Balaban J connectivity index is 1.78. The van der Waals surface area contributed by atoms with Crippen LogP contribution in [0.4, 0.5) is 11.6 Å². The number of hydrogen-bond acceptors (Lipinski definition) is 6. The van der Waals surface area contributed by atoms with Gasteiger partial charge in [-0.25, -0.2) is 14.8 Å². The summed E-state index contributed by atoms with van der Waals surface area (Å²) in [6.45, 7) is 6.49. The van der Waals surface area contributed by atoms with E-state index in [2.05, 4.69) is 20.6 Å². The fourth-order valence-corrected chi connectivity index (χ4v) is 2.42. The van der Waals surface area contributed by atoms with Crippen LogP contribution in [0.3, 0.4) is 0 Å². The molecule has 26 heavy (non-hydrogen) atoms. The van der Waals surface area contributed by atoms with E-state index in [1.54, 1.807) is 31.2 Å². The van der Waals surface area contributed by atoms with Crippen molar-refractivity contribution in [3.05, 3.63) is 47.3 Å². The molecule has 0 unspecified atom stereocenters. The molecule has 0 fully saturated rings. The highest BCUT2D eigenvalue weighted by atomic mass is 16.5. The summed E-state index contributed by atoms with van der Waals surface area (Å²) < 4.78 is 4.95. The van der Waals surface area contributed by atoms with Gasteiger partial charge in [-0.3, -0.25) is 4.79 Å². The normalized spacial score (nSPS) is 10.3. The third-order valence-electron chi connectivity index (χ3n) is 3.50. The highest BCUT2D eigenvalue weighted by molar-refractivity contribution is 5.94. The molecule has 0 saturated carbocycles. The zero-order valence-corrected chi connectivity index (χ0v) is 15.3. The van der Waals surface area contributed by atoms with Crippen LogP contribution >= 0.6 is 0 Å². The number of rotatable bonds is 8. The number of anilines is 2. The van der Waals surface area contributed by atoms with Gasteiger partial charge in [0.1, 0.15) is 0 Å². The van der Waals surface area contributed by atoms with Gasteiger partial charge in [-0.1, -0.05) is 6.07 Å². The van der Waals surface area contributed by atoms with E-state index < -0.39 is 5.97 Å². The largest absolute Gasteiger partial charge is 0.462 e. The molecule has 0 spiro atoms. The highest BCUT2D eigenvalue weighted by Crippen LogP contribution is 2.12. The molecule has 0 bridgehead atoms. The van der Waals surface area contributed by atoms with Gasteiger partial charge in [0.25, 0.3) is 0 Å². The minimum absolute atomic E-state index is 0.117. The molecule has 7 nitrogen and oxygen atoms in total. The predicted octanol–water partition coefficient (Wildman–Crippen LogP) is 3.10. The van der Waals surface area contributed by atoms with Crippen LogP contribution in [0.1, 0.15) is 41.5 Å². The zero-order chi connectivity index (χ0) is 18.9. The first kappa shape index (κ1) is 19.4. The molecule has 0 radical (unpaired) electrons. The summed E-state index contributed by atoms with van der Waals surface area (Å²) in [6, 6.07) is 8.62. The second kappa shape index (κ2) is 9.50. The van der Waals surface area contributed by atoms with E-state index in [9.17, 15) is 9.59 Å². The molecule has 1 heterocycles. The number of carbonyl (C=O) groups is 2. The van der Waals surface area contributed by atoms with Crippen LogP contribution in [0.25, 0.3) is 0 Å². The lowest BCUT2D eigenvalue weighted by Crippen LogP contribution is -2.14.